The summed E-state index contributed by atoms with van der Waals surface area (Å²) in [7, 11) is 0. The van der Waals surface area contributed by atoms with E-state index in [1.165, 1.54) is 18.2 Å². The van der Waals surface area contributed by atoms with Crippen LogP contribution in [0.5, 0.6) is 11.5 Å². The minimum Gasteiger partial charge on any atom is -0.454 e. The molecule has 3 heterocycles. The summed E-state index contributed by atoms with van der Waals surface area (Å²) in [6, 6.07) is 8.79. The molecule has 0 fully saturated rings. The van der Waals surface area contributed by atoms with Crippen LogP contribution in [0.4, 0.5) is 10.1 Å². The molecule has 1 aliphatic rings. The molecule has 2 N–H and O–H groups in total. The zero-order valence-corrected chi connectivity index (χ0v) is 15.6. The van der Waals surface area contributed by atoms with Gasteiger partial charge in [-0.15, -0.1) is 0 Å². The lowest BCUT2D eigenvalue weighted by molar-refractivity contribution is 0.103. The summed E-state index contributed by atoms with van der Waals surface area (Å²) in [5.74, 6) is 0.00372. The van der Waals surface area contributed by atoms with Crippen molar-refractivity contribution in [2.24, 2.45) is 0 Å². The maximum absolute atomic E-state index is 13.4. The van der Waals surface area contributed by atoms with E-state index in [-0.39, 0.29) is 22.9 Å². The number of aromatic amines is 1. The van der Waals surface area contributed by atoms with Gasteiger partial charge in [-0.3, -0.25) is 14.0 Å². The molecule has 28 heavy (non-hydrogen) atoms. The van der Waals surface area contributed by atoms with Gasteiger partial charge in [0.25, 0.3) is 11.5 Å². The highest BCUT2D eigenvalue weighted by molar-refractivity contribution is 7.73. The number of benzene rings is 2. The predicted octanol–water partition coefficient (Wildman–Crippen LogP) is 3.69. The number of fused-ring (bicyclic) bond motifs is 4. The molecule has 0 bridgehead atoms. The lowest BCUT2D eigenvalue weighted by atomic mass is 10.2. The van der Waals surface area contributed by atoms with Crippen LogP contribution in [0.25, 0.3) is 16.6 Å². The Morgan fingerprint density at radius 2 is 2.04 bits per heavy atom. The number of thiazole rings is 1. The second kappa shape index (κ2) is 6.14. The van der Waals surface area contributed by atoms with E-state index in [2.05, 4.69) is 10.3 Å². The number of hydrogen-bond acceptors (Lipinski definition) is 6. The summed E-state index contributed by atoms with van der Waals surface area (Å²) in [4.78, 5) is 28.3. The van der Waals surface area contributed by atoms with Crippen LogP contribution in [0.15, 0.2) is 41.2 Å². The normalized spacial score (nSPS) is 12.6. The van der Waals surface area contributed by atoms with Crippen LogP contribution in [0.2, 0.25) is 0 Å². The van der Waals surface area contributed by atoms with Crippen LogP contribution in [-0.2, 0) is 0 Å². The molecule has 140 valence electrons. The monoisotopic (exact) mass is 415 g/mol. The Hall–Kier alpha value is -3.24. The van der Waals surface area contributed by atoms with E-state index in [1.807, 2.05) is 0 Å². The summed E-state index contributed by atoms with van der Waals surface area (Å²) >= 11 is 6.47. The van der Waals surface area contributed by atoms with Crippen LogP contribution in [0.3, 0.4) is 0 Å². The molecule has 5 rings (SSSR count). The topological polar surface area (TPSA) is 84.8 Å². The summed E-state index contributed by atoms with van der Waals surface area (Å²) in [6.07, 6.45) is 0. The van der Waals surface area contributed by atoms with E-state index in [0.717, 1.165) is 11.3 Å². The molecule has 0 radical (unpaired) electrons. The van der Waals surface area contributed by atoms with Crippen LogP contribution in [0, 0.1) is 9.77 Å². The average Bonchev–Trinajstić information content (AvgIpc) is 3.24. The van der Waals surface area contributed by atoms with Gasteiger partial charge in [0.2, 0.25) is 6.79 Å². The maximum Gasteiger partial charge on any atom is 0.269 e. The molecule has 0 spiro atoms. The standard InChI is InChI=1S/C18H10FN3O4S2/c19-8-2-1-3-9(4-8)20-17(24)14-15-21-16(23)10-5-12-13(26-7-25-12)6-11(10)22(15)18(27)28-14/h1-6H,7H2,(H,20,24)(H,21,23). The van der Waals surface area contributed by atoms with Gasteiger partial charge in [0, 0.05) is 11.8 Å². The summed E-state index contributed by atoms with van der Waals surface area (Å²) in [5.41, 5.74) is 0.684. The zero-order valence-electron chi connectivity index (χ0n) is 13.9. The number of carbonyl (C=O) groups is 1. The van der Waals surface area contributed by atoms with Crippen molar-refractivity contribution < 1.29 is 18.7 Å². The molecule has 4 aromatic rings. The average molecular weight is 415 g/mol. The van der Waals surface area contributed by atoms with Crippen LogP contribution in [-0.4, -0.2) is 22.1 Å². The third kappa shape index (κ3) is 2.57. The first-order valence-electron chi connectivity index (χ1n) is 8.09. The van der Waals surface area contributed by atoms with Crippen LogP contribution >= 0.6 is 23.6 Å². The second-order valence-corrected chi connectivity index (χ2v) is 7.67. The van der Waals surface area contributed by atoms with Crippen LogP contribution < -0.4 is 20.3 Å². The molecular weight excluding hydrogens is 405 g/mol. The molecule has 0 unspecified atom stereocenters. The molecule has 0 saturated heterocycles. The molecule has 0 saturated carbocycles. The minimum absolute atomic E-state index is 0.0725. The van der Waals surface area contributed by atoms with E-state index < -0.39 is 11.7 Å². The Bertz CT molecular complexity index is 1410. The first-order chi connectivity index (χ1) is 13.5. The van der Waals surface area contributed by atoms with Gasteiger partial charge >= 0.3 is 0 Å². The number of H-pyrrole nitrogens is 1. The third-order valence-electron chi connectivity index (χ3n) is 4.31. The number of nitrogens with zero attached hydrogens (tertiary/aromatic N) is 1. The summed E-state index contributed by atoms with van der Waals surface area (Å²) in [5, 5.41) is 2.98. The molecule has 0 atom stereocenters. The summed E-state index contributed by atoms with van der Waals surface area (Å²) < 4.78 is 26.1. The highest BCUT2D eigenvalue weighted by Crippen LogP contribution is 2.36. The number of amides is 1. The molecule has 7 nitrogen and oxygen atoms in total. The third-order valence-corrected chi connectivity index (χ3v) is 5.68. The predicted molar refractivity (Wildman–Crippen MR) is 105 cm³/mol. The quantitative estimate of drug-likeness (QED) is 0.488. The Morgan fingerprint density at radius 1 is 1.25 bits per heavy atom. The van der Waals surface area contributed by atoms with E-state index in [1.54, 1.807) is 22.6 Å². The van der Waals surface area contributed by atoms with Gasteiger partial charge in [-0.1, -0.05) is 17.4 Å². The van der Waals surface area contributed by atoms with Crippen molar-refractivity contribution in [3.63, 3.8) is 0 Å². The zero-order chi connectivity index (χ0) is 19.4. The van der Waals surface area contributed by atoms with Crippen molar-refractivity contribution in [2.75, 3.05) is 12.1 Å². The number of hydrogen-bond donors (Lipinski definition) is 2. The van der Waals surface area contributed by atoms with Gasteiger partial charge in [-0.25, -0.2) is 4.39 Å². The van der Waals surface area contributed by atoms with Crippen molar-refractivity contribution in [3.8, 4) is 11.5 Å². The minimum atomic E-state index is -0.500. The molecule has 1 amide bonds. The SMILES string of the molecule is O=C(Nc1cccc(F)c1)c1sc(=S)n2c1[nH]c(=O)c1cc3c(cc12)OCO3. The number of nitrogens with one attached hydrogen (secondary N) is 2. The van der Waals surface area contributed by atoms with Crippen molar-refractivity contribution >= 4 is 51.7 Å². The van der Waals surface area contributed by atoms with Gasteiger partial charge in [-0.05, 0) is 36.5 Å². The number of halogens is 1. The first-order valence-corrected chi connectivity index (χ1v) is 9.32. The van der Waals surface area contributed by atoms with Crippen molar-refractivity contribution in [1.29, 1.82) is 0 Å². The fourth-order valence-electron chi connectivity index (χ4n) is 3.09. The Labute approximate surface area is 165 Å². The van der Waals surface area contributed by atoms with Crippen molar-refractivity contribution in [1.82, 2.24) is 9.38 Å². The van der Waals surface area contributed by atoms with Gasteiger partial charge < -0.3 is 19.8 Å². The number of carbonyl (C=O) groups excluding carboxylic acids is 1. The fourth-order valence-corrected chi connectivity index (χ4v) is 4.36. The number of anilines is 1. The van der Waals surface area contributed by atoms with E-state index in [4.69, 9.17) is 21.7 Å². The van der Waals surface area contributed by atoms with Crippen molar-refractivity contribution in [2.45, 2.75) is 0 Å². The molecule has 2 aromatic heterocycles. The molecular formula is C18H10FN3O4S2. The highest BCUT2D eigenvalue weighted by Gasteiger charge is 2.21. The first kappa shape index (κ1) is 16.9. The number of ether oxygens (including phenoxy) is 2. The second-order valence-electron chi connectivity index (χ2n) is 6.02. The maximum atomic E-state index is 13.4. The Morgan fingerprint density at radius 3 is 2.82 bits per heavy atom. The Kier molecular flexibility index (Phi) is 3.71. The highest BCUT2D eigenvalue weighted by atomic mass is 32.1. The largest absolute Gasteiger partial charge is 0.454 e. The molecule has 10 heteroatoms. The lowest BCUT2D eigenvalue weighted by Crippen LogP contribution is -2.15. The molecule has 0 aliphatic carbocycles. The van der Waals surface area contributed by atoms with Crippen LogP contribution in [0.1, 0.15) is 9.67 Å². The smallest absolute Gasteiger partial charge is 0.269 e. The van der Waals surface area contributed by atoms with Gasteiger partial charge in [-0.2, -0.15) is 0 Å². The Balaban J connectivity index is 1.70. The van der Waals surface area contributed by atoms with E-state index >= 15 is 0 Å². The van der Waals surface area contributed by atoms with Gasteiger partial charge in [0.1, 0.15) is 16.3 Å². The molecule has 2 aromatic carbocycles. The number of aromatic nitrogens is 2. The van der Waals surface area contributed by atoms with Gasteiger partial charge in [0.05, 0.1) is 10.9 Å². The van der Waals surface area contributed by atoms with Crippen molar-refractivity contribution in [3.05, 3.63) is 61.4 Å². The fraction of sp³-hybridized carbons (Fsp3) is 0.0556. The summed E-state index contributed by atoms with van der Waals surface area (Å²) in [6.45, 7) is 0.0725. The number of rotatable bonds is 2. The molecule has 1 aliphatic heterocycles. The van der Waals surface area contributed by atoms with E-state index in [9.17, 15) is 14.0 Å². The lowest BCUT2D eigenvalue weighted by Gasteiger charge is -2.06. The van der Waals surface area contributed by atoms with Gasteiger partial charge in [0.15, 0.2) is 15.5 Å². The van der Waals surface area contributed by atoms with E-state index in [0.29, 0.717) is 32.0 Å².